The van der Waals surface area contributed by atoms with E-state index in [1.54, 1.807) is 18.2 Å². The fourth-order valence-electron chi connectivity index (χ4n) is 2.64. The van der Waals surface area contributed by atoms with Gasteiger partial charge in [0.1, 0.15) is 11.0 Å². The number of anilines is 1. The van der Waals surface area contributed by atoms with Gasteiger partial charge in [0.15, 0.2) is 0 Å². The number of carbonyl (C=O) groups excluding carboxylic acids is 1. The van der Waals surface area contributed by atoms with E-state index >= 15 is 0 Å². The Hall–Kier alpha value is -2.14. The molecule has 0 saturated carbocycles. The molecule has 0 bridgehead atoms. The number of benzene rings is 3. The second kappa shape index (κ2) is 9.87. The van der Waals surface area contributed by atoms with Gasteiger partial charge in [-0.3, -0.25) is 4.79 Å². The maximum Gasteiger partial charge on any atom is 0.242 e. The summed E-state index contributed by atoms with van der Waals surface area (Å²) in [6, 6.07) is 22.2. The third-order valence-corrected chi connectivity index (χ3v) is 5.91. The Morgan fingerprint density at radius 1 is 1.04 bits per heavy atom. The van der Waals surface area contributed by atoms with Crippen LogP contribution in [0.3, 0.4) is 0 Å². The van der Waals surface area contributed by atoms with Crippen LogP contribution in [0.1, 0.15) is 17.7 Å². The van der Waals surface area contributed by atoms with E-state index in [0.29, 0.717) is 28.1 Å². The second-order valence-electron chi connectivity index (χ2n) is 5.90. The van der Waals surface area contributed by atoms with Crippen molar-refractivity contribution in [2.45, 2.75) is 17.1 Å². The highest BCUT2D eigenvalue weighted by Crippen LogP contribution is 2.41. The summed E-state index contributed by atoms with van der Waals surface area (Å²) in [4.78, 5) is 14.0. The number of hydrogen-bond donors (Lipinski definition) is 1. The van der Waals surface area contributed by atoms with Crippen LogP contribution in [0.25, 0.3) is 0 Å². The molecular weight excluding hydrogens is 413 g/mol. The molecule has 1 N–H and O–H groups in total. The Labute approximate surface area is 179 Å². The third-order valence-electron chi connectivity index (χ3n) is 3.92. The molecule has 0 fully saturated rings. The van der Waals surface area contributed by atoms with Crippen molar-refractivity contribution in [2.75, 3.05) is 11.9 Å². The SMILES string of the molecule is CCOc1ccccc1NC(=O)C(Sc1cc(Cl)ccc1Cl)c1ccccc1. The first-order valence-corrected chi connectivity index (χ1v) is 10.4. The summed E-state index contributed by atoms with van der Waals surface area (Å²) >= 11 is 13.8. The van der Waals surface area contributed by atoms with E-state index in [-0.39, 0.29) is 5.91 Å². The van der Waals surface area contributed by atoms with E-state index in [0.717, 1.165) is 10.5 Å². The maximum absolute atomic E-state index is 13.2. The minimum atomic E-state index is -0.508. The van der Waals surface area contributed by atoms with E-state index in [1.807, 2.05) is 61.5 Å². The van der Waals surface area contributed by atoms with Crippen LogP contribution < -0.4 is 10.1 Å². The summed E-state index contributed by atoms with van der Waals surface area (Å²) in [5.74, 6) is 0.468. The molecule has 0 aromatic heterocycles. The van der Waals surface area contributed by atoms with Crippen molar-refractivity contribution in [1.29, 1.82) is 0 Å². The molecule has 0 aliphatic rings. The molecule has 3 rings (SSSR count). The lowest BCUT2D eigenvalue weighted by Gasteiger charge is -2.19. The predicted molar refractivity (Wildman–Crippen MR) is 118 cm³/mol. The fraction of sp³-hybridized carbons (Fsp3) is 0.136. The molecule has 0 aliphatic heterocycles. The van der Waals surface area contributed by atoms with Crippen molar-refractivity contribution >= 4 is 46.6 Å². The molecule has 3 aromatic carbocycles. The number of para-hydroxylation sites is 2. The monoisotopic (exact) mass is 431 g/mol. The first-order chi connectivity index (χ1) is 13.6. The van der Waals surface area contributed by atoms with Crippen molar-refractivity contribution in [3.63, 3.8) is 0 Å². The van der Waals surface area contributed by atoms with Crippen LogP contribution in [0.5, 0.6) is 5.75 Å². The lowest BCUT2D eigenvalue weighted by Crippen LogP contribution is -2.19. The second-order valence-corrected chi connectivity index (χ2v) is 7.89. The predicted octanol–water partition coefficient (Wildman–Crippen LogP) is 6.86. The Kier molecular flexibility index (Phi) is 7.26. The highest BCUT2D eigenvalue weighted by molar-refractivity contribution is 8.00. The van der Waals surface area contributed by atoms with Gasteiger partial charge in [-0.15, -0.1) is 11.8 Å². The molecule has 1 atom stereocenters. The normalized spacial score (nSPS) is 11.7. The van der Waals surface area contributed by atoms with Crippen LogP contribution in [0.15, 0.2) is 77.7 Å². The number of thioether (sulfide) groups is 1. The molecule has 144 valence electrons. The maximum atomic E-state index is 13.2. The van der Waals surface area contributed by atoms with E-state index in [4.69, 9.17) is 27.9 Å². The van der Waals surface area contributed by atoms with Crippen molar-refractivity contribution in [3.8, 4) is 5.75 Å². The molecule has 0 saturated heterocycles. The number of rotatable bonds is 7. The van der Waals surface area contributed by atoms with Crippen LogP contribution >= 0.6 is 35.0 Å². The third kappa shape index (κ3) is 5.22. The fourth-order valence-corrected chi connectivity index (χ4v) is 4.22. The summed E-state index contributed by atoms with van der Waals surface area (Å²) in [7, 11) is 0. The summed E-state index contributed by atoms with van der Waals surface area (Å²) < 4.78 is 5.62. The lowest BCUT2D eigenvalue weighted by molar-refractivity contribution is -0.115. The van der Waals surface area contributed by atoms with Gasteiger partial charge in [0.25, 0.3) is 0 Å². The van der Waals surface area contributed by atoms with Gasteiger partial charge in [-0.2, -0.15) is 0 Å². The average molecular weight is 432 g/mol. The van der Waals surface area contributed by atoms with Gasteiger partial charge in [-0.05, 0) is 42.8 Å². The Morgan fingerprint density at radius 3 is 2.50 bits per heavy atom. The van der Waals surface area contributed by atoms with Gasteiger partial charge in [0.2, 0.25) is 5.91 Å². The molecule has 3 nitrogen and oxygen atoms in total. The molecule has 3 aromatic rings. The number of ether oxygens (including phenoxy) is 1. The van der Waals surface area contributed by atoms with Gasteiger partial charge in [-0.1, -0.05) is 65.7 Å². The average Bonchev–Trinajstić information content (AvgIpc) is 2.71. The zero-order valence-corrected chi connectivity index (χ0v) is 17.5. The summed E-state index contributed by atoms with van der Waals surface area (Å²) in [5, 5.41) is 3.60. The first kappa shape index (κ1) is 20.6. The van der Waals surface area contributed by atoms with E-state index < -0.39 is 5.25 Å². The van der Waals surface area contributed by atoms with Crippen LogP contribution in [0.2, 0.25) is 10.0 Å². The van der Waals surface area contributed by atoms with Crippen LogP contribution in [-0.4, -0.2) is 12.5 Å². The smallest absolute Gasteiger partial charge is 0.242 e. The van der Waals surface area contributed by atoms with E-state index in [1.165, 1.54) is 11.8 Å². The molecule has 0 aliphatic carbocycles. The largest absolute Gasteiger partial charge is 0.492 e. The molecule has 1 unspecified atom stereocenters. The lowest BCUT2D eigenvalue weighted by atomic mass is 10.1. The number of halogens is 2. The molecule has 0 heterocycles. The Bertz CT molecular complexity index is 950. The van der Waals surface area contributed by atoms with Gasteiger partial charge >= 0.3 is 0 Å². The molecule has 0 spiro atoms. The van der Waals surface area contributed by atoms with Crippen molar-refractivity contribution in [3.05, 3.63) is 88.4 Å². The van der Waals surface area contributed by atoms with Crippen LogP contribution in [-0.2, 0) is 4.79 Å². The van der Waals surface area contributed by atoms with Gasteiger partial charge < -0.3 is 10.1 Å². The standard InChI is InChI=1S/C22H19Cl2NO2S/c1-2-27-19-11-7-6-10-18(19)25-22(26)21(15-8-4-3-5-9-15)28-20-14-16(23)12-13-17(20)24/h3-14,21H,2H2,1H3,(H,25,26). The van der Waals surface area contributed by atoms with Crippen LogP contribution in [0.4, 0.5) is 5.69 Å². The summed E-state index contributed by atoms with van der Waals surface area (Å²) in [6.45, 7) is 2.42. The molecule has 6 heteroatoms. The van der Waals surface area contributed by atoms with E-state index in [9.17, 15) is 4.79 Å². The number of amides is 1. The van der Waals surface area contributed by atoms with E-state index in [2.05, 4.69) is 5.32 Å². The number of nitrogens with one attached hydrogen (secondary N) is 1. The minimum absolute atomic E-state index is 0.167. The summed E-state index contributed by atoms with van der Waals surface area (Å²) in [6.07, 6.45) is 0. The zero-order chi connectivity index (χ0) is 19.9. The Balaban J connectivity index is 1.91. The molecule has 0 radical (unpaired) electrons. The molecule has 28 heavy (non-hydrogen) atoms. The highest BCUT2D eigenvalue weighted by atomic mass is 35.5. The number of carbonyl (C=O) groups is 1. The first-order valence-electron chi connectivity index (χ1n) is 8.78. The van der Waals surface area contributed by atoms with Crippen molar-refractivity contribution in [2.24, 2.45) is 0 Å². The van der Waals surface area contributed by atoms with Crippen LogP contribution in [0, 0.1) is 0 Å². The quantitative estimate of drug-likeness (QED) is 0.415. The van der Waals surface area contributed by atoms with Gasteiger partial charge in [0, 0.05) is 9.92 Å². The Morgan fingerprint density at radius 2 is 1.75 bits per heavy atom. The summed E-state index contributed by atoms with van der Waals surface area (Å²) in [5.41, 5.74) is 1.50. The topological polar surface area (TPSA) is 38.3 Å². The molecule has 1 amide bonds. The minimum Gasteiger partial charge on any atom is -0.492 e. The van der Waals surface area contributed by atoms with Crippen molar-refractivity contribution in [1.82, 2.24) is 0 Å². The zero-order valence-electron chi connectivity index (χ0n) is 15.2. The van der Waals surface area contributed by atoms with Gasteiger partial charge in [0.05, 0.1) is 17.3 Å². The number of hydrogen-bond acceptors (Lipinski definition) is 3. The highest BCUT2D eigenvalue weighted by Gasteiger charge is 2.24. The molecular formula is C22H19Cl2NO2S. The van der Waals surface area contributed by atoms with Crippen molar-refractivity contribution < 1.29 is 9.53 Å². The van der Waals surface area contributed by atoms with Gasteiger partial charge in [-0.25, -0.2) is 0 Å².